The fraction of sp³-hybridized carbons (Fsp3) is 0.375. The van der Waals surface area contributed by atoms with Gasteiger partial charge in [0.15, 0.2) is 0 Å². The molecule has 1 aromatic carbocycles. The minimum Gasteiger partial charge on any atom is -0.341 e. The number of halogens is 2. The molecule has 6 nitrogen and oxygen atoms in total. The number of nitrogens with one attached hydrogen (secondary N) is 1. The van der Waals surface area contributed by atoms with Crippen LogP contribution in [0.25, 0.3) is 0 Å². The van der Waals surface area contributed by atoms with Gasteiger partial charge in [-0.2, -0.15) is 0 Å². The lowest BCUT2D eigenvalue weighted by Gasteiger charge is -2.31. The van der Waals surface area contributed by atoms with Crippen LogP contribution in [0.2, 0.25) is 5.02 Å². The Hall–Kier alpha value is -1.77. The first-order chi connectivity index (χ1) is 12.0. The number of hydrogen-bond donors (Lipinski definition) is 1. The van der Waals surface area contributed by atoms with Crippen molar-refractivity contribution >= 4 is 27.6 Å². The van der Waals surface area contributed by atoms with Gasteiger partial charge in [0.25, 0.3) is 0 Å². The maximum absolute atomic E-state index is 13.2. The highest BCUT2D eigenvalue weighted by atomic mass is 35.5. The third kappa shape index (κ3) is 4.45. The molecular formula is C16H18ClFN4O2S. The molecule has 25 heavy (non-hydrogen) atoms. The molecule has 0 unspecified atom stereocenters. The molecule has 134 valence electrons. The van der Waals surface area contributed by atoms with Crippen molar-refractivity contribution in [1.29, 1.82) is 0 Å². The highest BCUT2D eigenvalue weighted by Gasteiger charge is 2.23. The van der Waals surface area contributed by atoms with Crippen molar-refractivity contribution in [3.8, 4) is 0 Å². The van der Waals surface area contributed by atoms with Gasteiger partial charge in [0, 0.05) is 32.0 Å². The number of sulfonamides is 1. The summed E-state index contributed by atoms with van der Waals surface area (Å²) in [6.45, 7) is 1.89. The number of nitrogens with zero attached hydrogens (tertiary/aromatic N) is 3. The Balaban J connectivity index is 1.55. The first-order valence-electron chi connectivity index (χ1n) is 7.92. The maximum atomic E-state index is 13.2. The highest BCUT2D eigenvalue weighted by molar-refractivity contribution is 7.89. The van der Waals surface area contributed by atoms with Crippen molar-refractivity contribution in [3.63, 3.8) is 0 Å². The van der Waals surface area contributed by atoms with Crippen molar-refractivity contribution in [2.75, 3.05) is 24.5 Å². The van der Waals surface area contributed by atoms with Gasteiger partial charge in [-0.1, -0.05) is 11.6 Å². The van der Waals surface area contributed by atoms with Crippen LogP contribution in [0, 0.1) is 11.7 Å². The van der Waals surface area contributed by atoms with Crippen molar-refractivity contribution in [3.05, 3.63) is 47.5 Å². The minimum absolute atomic E-state index is 0.0333. The van der Waals surface area contributed by atoms with Gasteiger partial charge < -0.3 is 4.90 Å². The van der Waals surface area contributed by atoms with Crippen LogP contribution in [0.5, 0.6) is 0 Å². The smallest absolute Gasteiger partial charge is 0.240 e. The molecule has 2 heterocycles. The third-order valence-electron chi connectivity index (χ3n) is 4.21. The Morgan fingerprint density at radius 1 is 1.24 bits per heavy atom. The Morgan fingerprint density at radius 2 is 1.92 bits per heavy atom. The molecule has 1 fully saturated rings. The molecule has 1 N–H and O–H groups in total. The van der Waals surface area contributed by atoms with Gasteiger partial charge in [-0.3, -0.25) is 0 Å². The molecule has 0 saturated carbocycles. The molecule has 0 amide bonds. The van der Waals surface area contributed by atoms with Crippen LogP contribution < -0.4 is 9.62 Å². The van der Waals surface area contributed by atoms with Crippen LogP contribution in [0.15, 0.2) is 41.6 Å². The molecule has 1 saturated heterocycles. The predicted molar refractivity (Wildman–Crippen MR) is 93.6 cm³/mol. The summed E-state index contributed by atoms with van der Waals surface area (Å²) in [4.78, 5) is 10.5. The number of rotatable bonds is 5. The van der Waals surface area contributed by atoms with E-state index in [0.717, 1.165) is 38.1 Å². The zero-order chi connectivity index (χ0) is 17.9. The second-order valence-corrected chi connectivity index (χ2v) is 8.08. The Kier molecular flexibility index (Phi) is 5.51. The molecule has 3 rings (SSSR count). The molecule has 0 radical (unpaired) electrons. The first-order valence-corrected chi connectivity index (χ1v) is 9.78. The second kappa shape index (κ2) is 7.63. The second-order valence-electron chi connectivity index (χ2n) is 5.91. The average Bonchev–Trinajstić information content (AvgIpc) is 2.63. The van der Waals surface area contributed by atoms with Crippen molar-refractivity contribution < 1.29 is 12.8 Å². The van der Waals surface area contributed by atoms with Gasteiger partial charge in [0.05, 0.1) is 9.92 Å². The van der Waals surface area contributed by atoms with E-state index in [2.05, 4.69) is 19.6 Å². The van der Waals surface area contributed by atoms with Crippen molar-refractivity contribution in [1.82, 2.24) is 14.7 Å². The summed E-state index contributed by atoms with van der Waals surface area (Å²) in [7, 11) is -3.70. The third-order valence-corrected chi connectivity index (χ3v) is 5.92. The molecule has 2 aromatic rings. The van der Waals surface area contributed by atoms with Crippen LogP contribution >= 0.6 is 11.6 Å². The molecule has 9 heteroatoms. The van der Waals surface area contributed by atoms with Crippen LogP contribution in [0.1, 0.15) is 12.8 Å². The maximum Gasteiger partial charge on any atom is 0.240 e. The molecular weight excluding hydrogens is 367 g/mol. The van der Waals surface area contributed by atoms with E-state index in [1.165, 1.54) is 6.07 Å². The summed E-state index contributed by atoms with van der Waals surface area (Å²) in [5.74, 6) is 0.282. The van der Waals surface area contributed by atoms with Gasteiger partial charge >= 0.3 is 0 Å². The van der Waals surface area contributed by atoms with E-state index < -0.39 is 15.8 Å². The molecule has 0 atom stereocenters. The van der Waals surface area contributed by atoms with E-state index in [1.54, 1.807) is 18.5 Å². The van der Waals surface area contributed by atoms with Crippen molar-refractivity contribution in [2.45, 2.75) is 17.7 Å². The van der Waals surface area contributed by atoms with E-state index in [0.29, 0.717) is 12.5 Å². The number of hydrogen-bond acceptors (Lipinski definition) is 5. The van der Waals surface area contributed by atoms with Gasteiger partial charge in [0.2, 0.25) is 16.0 Å². The zero-order valence-electron chi connectivity index (χ0n) is 13.4. The summed E-state index contributed by atoms with van der Waals surface area (Å²) >= 11 is 5.66. The van der Waals surface area contributed by atoms with E-state index in [4.69, 9.17) is 11.6 Å². The number of aromatic nitrogens is 2. The molecule has 0 bridgehead atoms. The van der Waals surface area contributed by atoms with Crippen LogP contribution in [-0.4, -0.2) is 38.0 Å². The summed E-state index contributed by atoms with van der Waals surface area (Å²) in [6.07, 6.45) is 5.09. The molecule has 1 aromatic heterocycles. The normalized spacial score (nSPS) is 16.2. The van der Waals surface area contributed by atoms with Gasteiger partial charge in [-0.15, -0.1) is 0 Å². The fourth-order valence-electron chi connectivity index (χ4n) is 2.75. The van der Waals surface area contributed by atoms with E-state index in [-0.39, 0.29) is 15.8 Å². The van der Waals surface area contributed by atoms with Crippen molar-refractivity contribution in [2.24, 2.45) is 5.92 Å². The Labute approximate surface area is 151 Å². The molecule has 1 aliphatic rings. The highest BCUT2D eigenvalue weighted by Crippen LogP contribution is 2.22. The average molecular weight is 385 g/mol. The SMILES string of the molecule is O=S(=O)(NCC1CCN(c2ncccn2)CC1)c1ccc(F)c(Cl)c1. The lowest BCUT2D eigenvalue weighted by molar-refractivity contribution is 0.399. The fourth-order valence-corrected chi connectivity index (χ4v) is 4.13. The molecule has 0 aliphatic carbocycles. The summed E-state index contributed by atoms with van der Waals surface area (Å²) < 4.78 is 40.4. The summed E-state index contributed by atoms with van der Waals surface area (Å²) in [5, 5.41) is -0.209. The molecule has 0 spiro atoms. The lowest BCUT2D eigenvalue weighted by atomic mass is 9.97. The first kappa shape index (κ1) is 18.0. The van der Waals surface area contributed by atoms with Gasteiger partial charge in [-0.05, 0) is 43.0 Å². The minimum atomic E-state index is -3.70. The number of anilines is 1. The largest absolute Gasteiger partial charge is 0.341 e. The molecule has 1 aliphatic heterocycles. The van der Waals surface area contributed by atoms with E-state index in [1.807, 2.05) is 0 Å². The van der Waals surface area contributed by atoms with Crippen LogP contribution in [-0.2, 0) is 10.0 Å². The van der Waals surface area contributed by atoms with E-state index >= 15 is 0 Å². The summed E-state index contributed by atoms with van der Waals surface area (Å²) in [6, 6.07) is 5.15. The van der Waals surface area contributed by atoms with E-state index in [9.17, 15) is 12.8 Å². The Morgan fingerprint density at radius 3 is 2.56 bits per heavy atom. The van der Waals surface area contributed by atoms with Gasteiger partial charge in [-0.25, -0.2) is 27.5 Å². The van der Waals surface area contributed by atoms with Gasteiger partial charge in [0.1, 0.15) is 5.82 Å². The summed E-state index contributed by atoms with van der Waals surface area (Å²) in [5.41, 5.74) is 0. The standard InChI is InChI=1S/C16H18ClFN4O2S/c17-14-10-13(2-3-15(14)18)25(23,24)21-11-12-4-8-22(9-5-12)16-19-6-1-7-20-16/h1-3,6-7,10,12,21H,4-5,8-9,11H2. The monoisotopic (exact) mass is 384 g/mol. The predicted octanol–water partition coefficient (Wildman–Crippen LogP) is 2.46. The topological polar surface area (TPSA) is 75.2 Å². The Bertz CT molecular complexity index is 827. The quantitative estimate of drug-likeness (QED) is 0.857. The number of piperidine rings is 1. The zero-order valence-corrected chi connectivity index (χ0v) is 15.0. The number of benzene rings is 1. The lowest BCUT2D eigenvalue weighted by Crippen LogP contribution is -2.39. The van der Waals surface area contributed by atoms with Crippen LogP contribution in [0.4, 0.5) is 10.3 Å². The van der Waals surface area contributed by atoms with Crippen LogP contribution in [0.3, 0.4) is 0 Å².